The van der Waals surface area contributed by atoms with E-state index < -0.39 is 24.0 Å². The van der Waals surface area contributed by atoms with Crippen molar-refractivity contribution in [1.82, 2.24) is 10.6 Å². The quantitative estimate of drug-likeness (QED) is 0.523. The van der Waals surface area contributed by atoms with Gasteiger partial charge in [-0.2, -0.15) is 0 Å². The number of fused-ring (bicyclic) bond motifs is 3. The SMILES string of the molecule is CCCC(NC(=O)OCC1c2ccccc2-c2ccccc21)C(=O)NC[C@@H]1C[C@H](C(=O)O)CO1. The normalized spacial score (nSPS) is 19.7. The summed E-state index contributed by atoms with van der Waals surface area (Å²) in [6.07, 6.45) is 0.524. The Hall–Kier alpha value is -3.39. The zero-order valence-corrected chi connectivity index (χ0v) is 19.2. The number of carboxylic acids is 1. The highest BCUT2D eigenvalue weighted by Crippen LogP contribution is 2.44. The molecule has 0 aromatic heterocycles. The molecule has 180 valence electrons. The maximum atomic E-state index is 12.7. The predicted molar refractivity (Wildman–Crippen MR) is 125 cm³/mol. The molecule has 1 unspecified atom stereocenters. The third kappa shape index (κ3) is 5.22. The van der Waals surface area contributed by atoms with Gasteiger partial charge in [-0.3, -0.25) is 9.59 Å². The molecule has 1 aliphatic carbocycles. The summed E-state index contributed by atoms with van der Waals surface area (Å²) in [6, 6.07) is 15.5. The molecule has 8 nitrogen and oxygen atoms in total. The Bertz CT molecular complexity index is 1010. The van der Waals surface area contributed by atoms with E-state index in [0.717, 1.165) is 22.3 Å². The summed E-state index contributed by atoms with van der Waals surface area (Å²) >= 11 is 0. The molecule has 0 saturated carbocycles. The molecule has 0 bridgehead atoms. The van der Waals surface area contributed by atoms with Crippen LogP contribution in [0.25, 0.3) is 11.1 Å². The molecule has 2 aliphatic rings. The van der Waals surface area contributed by atoms with E-state index >= 15 is 0 Å². The van der Waals surface area contributed by atoms with Crippen molar-refractivity contribution in [2.75, 3.05) is 19.8 Å². The zero-order chi connectivity index (χ0) is 24.1. The number of carbonyl (C=O) groups excluding carboxylic acids is 2. The summed E-state index contributed by atoms with van der Waals surface area (Å²) in [5.41, 5.74) is 4.54. The van der Waals surface area contributed by atoms with E-state index in [4.69, 9.17) is 14.6 Å². The highest BCUT2D eigenvalue weighted by Gasteiger charge is 2.32. The Morgan fingerprint density at radius 1 is 1.09 bits per heavy atom. The van der Waals surface area contributed by atoms with Gasteiger partial charge in [0.2, 0.25) is 5.91 Å². The molecular weight excluding hydrogens is 436 g/mol. The molecular formula is C26H30N2O6. The van der Waals surface area contributed by atoms with E-state index in [1.807, 2.05) is 31.2 Å². The molecule has 2 amide bonds. The smallest absolute Gasteiger partial charge is 0.407 e. The van der Waals surface area contributed by atoms with Crippen molar-refractivity contribution in [3.63, 3.8) is 0 Å². The van der Waals surface area contributed by atoms with Gasteiger partial charge in [0.25, 0.3) is 0 Å². The third-order valence-electron chi connectivity index (χ3n) is 6.46. The lowest BCUT2D eigenvalue weighted by molar-refractivity contribution is -0.141. The lowest BCUT2D eigenvalue weighted by Gasteiger charge is -2.20. The van der Waals surface area contributed by atoms with E-state index in [1.165, 1.54) is 0 Å². The number of benzene rings is 2. The maximum Gasteiger partial charge on any atom is 0.407 e. The van der Waals surface area contributed by atoms with Crippen LogP contribution >= 0.6 is 0 Å². The van der Waals surface area contributed by atoms with Crippen molar-refractivity contribution >= 4 is 18.0 Å². The van der Waals surface area contributed by atoms with Crippen LogP contribution in [0.5, 0.6) is 0 Å². The number of hydrogen-bond acceptors (Lipinski definition) is 5. The second-order valence-corrected chi connectivity index (χ2v) is 8.78. The number of hydrogen-bond donors (Lipinski definition) is 3. The second-order valence-electron chi connectivity index (χ2n) is 8.78. The lowest BCUT2D eigenvalue weighted by atomic mass is 9.98. The molecule has 1 saturated heterocycles. The fourth-order valence-electron chi connectivity index (χ4n) is 4.70. The van der Waals surface area contributed by atoms with Gasteiger partial charge in [0, 0.05) is 12.5 Å². The molecule has 2 aromatic carbocycles. The van der Waals surface area contributed by atoms with Crippen LogP contribution in [0.4, 0.5) is 4.79 Å². The number of carbonyl (C=O) groups is 3. The molecule has 8 heteroatoms. The molecule has 0 radical (unpaired) electrons. The first-order valence-electron chi connectivity index (χ1n) is 11.7. The van der Waals surface area contributed by atoms with Gasteiger partial charge in [-0.25, -0.2) is 4.79 Å². The number of nitrogens with one attached hydrogen (secondary N) is 2. The Labute approximate surface area is 198 Å². The Morgan fingerprint density at radius 2 is 1.74 bits per heavy atom. The van der Waals surface area contributed by atoms with Gasteiger partial charge in [-0.05, 0) is 35.1 Å². The number of carboxylic acid groups (broad SMARTS) is 1. The fourth-order valence-corrected chi connectivity index (χ4v) is 4.70. The van der Waals surface area contributed by atoms with Crippen molar-refractivity contribution in [3.8, 4) is 11.1 Å². The predicted octanol–water partition coefficient (Wildman–Crippen LogP) is 3.30. The molecule has 1 fully saturated rings. The number of ether oxygens (including phenoxy) is 2. The van der Waals surface area contributed by atoms with Crippen LogP contribution in [0.2, 0.25) is 0 Å². The molecule has 2 aromatic rings. The first-order chi connectivity index (χ1) is 16.5. The van der Waals surface area contributed by atoms with Gasteiger partial charge < -0.3 is 25.2 Å². The van der Waals surface area contributed by atoms with Crippen LogP contribution in [0.15, 0.2) is 48.5 Å². The van der Waals surface area contributed by atoms with Crippen LogP contribution in [0.1, 0.15) is 43.2 Å². The van der Waals surface area contributed by atoms with Gasteiger partial charge in [0.05, 0.1) is 18.6 Å². The summed E-state index contributed by atoms with van der Waals surface area (Å²) in [5, 5.41) is 14.5. The van der Waals surface area contributed by atoms with Crippen LogP contribution in [-0.4, -0.2) is 55.0 Å². The van der Waals surface area contributed by atoms with E-state index in [0.29, 0.717) is 19.3 Å². The van der Waals surface area contributed by atoms with Crippen LogP contribution in [0, 0.1) is 5.92 Å². The Kier molecular flexibility index (Phi) is 7.47. The van der Waals surface area contributed by atoms with Crippen molar-refractivity contribution in [2.24, 2.45) is 5.92 Å². The third-order valence-corrected chi connectivity index (χ3v) is 6.46. The molecule has 3 N–H and O–H groups in total. The minimum atomic E-state index is -0.894. The van der Waals surface area contributed by atoms with E-state index in [1.54, 1.807) is 0 Å². The number of alkyl carbamates (subject to hydrolysis) is 1. The van der Waals surface area contributed by atoms with Crippen LogP contribution in [0.3, 0.4) is 0 Å². The van der Waals surface area contributed by atoms with Crippen molar-refractivity contribution in [2.45, 2.75) is 44.2 Å². The van der Waals surface area contributed by atoms with E-state index in [9.17, 15) is 14.4 Å². The zero-order valence-electron chi connectivity index (χ0n) is 19.2. The summed E-state index contributed by atoms with van der Waals surface area (Å²) in [7, 11) is 0. The van der Waals surface area contributed by atoms with E-state index in [-0.39, 0.29) is 37.7 Å². The van der Waals surface area contributed by atoms with Gasteiger partial charge in [0.1, 0.15) is 12.6 Å². The van der Waals surface area contributed by atoms with Crippen molar-refractivity contribution < 1.29 is 29.0 Å². The van der Waals surface area contributed by atoms with Gasteiger partial charge in [0.15, 0.2) is 0 Å². The van der Waals surface area contributed by atoms with Crippen molar-refractivity contribution in [1.29, 1.82) is 0 Å². The minimum absolute atomic E-state index is 0.0571. The molecule has 0 spiro atoms. The molecule has 1 heterocycles. The summed E-state index contributed by atoms with van der Waals surface area (Å²) in [6.45, 7) is 2.45. The van der Waals surface area contributed by atoms with Gasteiger partial charge in [-0.1, -0.05) is 61.9 Å². The number of rotatable bonds is 9. The highest BCUT2D eigenvalue weighted by atomic mass is 16.5. The molecule has 1 aliphatic heterocycles. The summed E-state index contributed by atoms with van der Waals surface area (Å²) in [4.78, 5) is 36.3. The maximum absolute atomic E-state index is 12.7. The lowest BCUT2D eigenvalue weighted by Crippen LogP contribution is -2.48. The molecule has 4 rings (SSSR count). The van der Waals surface area contributed by atoms with Crippen molar-refractivity contribution in [3.05, 3.63) is 59.7 Å². The average Bonchev–Trinajstić information content (AvgIpc) is 3.44. The van der Waals surface area contributed by atoms with Crippen LogP contribution < -0.4 is 10.6 Å². The topological polar surface area (TPSA) is 114 Å². The standard InChI is InChI=1S/C26H30N2O6/c1-2-7-23(24(29)27-13-17-12-16(14-33-17)25(30)31)28-26(32)34-15-22-20-10-5-3-8-18(20)19-9-4-6-11-21(19)22/h3-6,8-11,16-17,22-23H,2,7,12-15H2,1H3,(H,27,29)(H,28,32)(H,30,31)/t16-,17-,23?/m0/s1. The summed E-state index contributed by atoms with van der Waals surface area (Å²) in [5.74, 6) is -1.84. The largest absolute Gasteiger partial charge is 0.481 e. The van der Waals surface area contributed by atoms with E-state index in [2.05, 4.69) is 34.9 Å². The number of aliphatic carboxylic acids is 1. The fraction of sp³-hybridized carbons (Fsp3) is 0.423. The minimum Gasteiger partial charge on any atom is -0.481 e. The van der Waals surface area contributed by atoms with Crippen LogP contribution in [-0.2, 0) is 19.1 Å². The molecule has 34 heavy (non-hydrogen) atoms. The first kappa shape index (κ1) is 23.8. The van der Waals surface area contributed by atoms with Gasteiger partial charge >= 0.3 is 12.1 Å². The monoisotopic (exact) mass is 466 g/mol. The average molecular weight is 467 g/mol. The highest BCUT2D eigenvalue weighted by molar-refractivity contribution is 5.85. The Morgan fingerprint density at radius 3 is 2.32 bits per heavy atom. The van der Waals surface area contributed by atoms with Gasteiger partial charge in [-0.15, -0.1) is 0 Å². The molecule has 3 atom stereocenters. The second kappa shape index (κ2) is 10.7. The first-order valence-corrected chi connectivity index (χ1v) is 11.7. The summed E-state index contributed by atoms with van der Waals surface area (Å²) < 4.78 is 11.0. The Balaban J connectivity index is 1.31. The number of amides is 2.